The number of alkyl halides is 2. The molecule has 1 amide bonds. The molecule has 30 heavy (non-hydrogen) atoms. The first kappa shape index (κ1) is 21.1. The first-order valence-electron chi connectivity index (χ1n) is 9.72. The highest BCUT2D eigenvalue weighted by molar-refractivity contribution is 6.31. The second-order valence-corrected chi connectivity index (χ2v) is 8.25. The molecule has 8 heteroatoms. The number of carbonyl (C=O) groups is 1. The minimum atomic E-state index is -3.07. The standard InChI is InChI=1S/C22H20ClF4NO2/c1-12-18(28(11-22(12,26)27)21(29)19-7-8-30-19)10-14-3-2-4-15(20(14)25)13-5-6-17(24)16(23)9-13/h2-6,9,12,18-19H,7-8,10-11H2,1H3/t12-,18+,19+/m1/s1. The largest absolute Gasteiger partial charge is 0.368 e. The molecule has 2 aliphatic heterocycles. The molecule has 0 bridgehead atoms. The molecule has 2 saturated heterocycles. The lowest BCUT2D eigenvalue weighted by Gasteiger charge is -2.33. The number of rotatable bonds is 4. The summed E-state index contributed by atoms with van der Waals surface area (Å²) in [6.07, 6.45) is -0.271. The van der Waals surface area contributed by atoms with E-state index in [1.165, 1.54) is 31.2 Å². The third-order valence-corrected chi connectivity index (χ3v) is 6.31. The molecule has 0 radical (unpaired) electrons. The van der Waals surface area contributed by atoms with Gasteiger partial charge in [-0.05, 0) is 29.7 Å². The van der Waals surface area contributed by atoms with E-state index in [-0.39, 0.29) is 22.6 Å². The molecule has 0 aliphatic carbocycles. The summed E-state index contributed by atoms with van der Waals surface area (Å²) >= 11 is 5.81. The minimum absolute atomic E-state index is 0.0657. The third kappa shape index (κ3) is 3.69. The predicted octanol–water partition coefficient (Wildman–Crippen LogP) is 5.10. The molecule has 3 nitrogen and oxygen atoms in total. The van der Waals surface area contributed by atoms with Gasteiger partial charge in [-0.3, -0.25) is 4.79 Å². The van der Waals surface area contributed by atoms with Crippen LogP contribution in [0.2, 0.25) is 5.02 Å². The molecule has 0 spiro atoms. The molecular weight excluding hydrogens is 422 g/mol. The van der Waals surface area contributed by atoms with Crippen molar-refractivity contribution >= 4 is 17.5 Å². The van der Waals surface area contributed by atoms with Crippen molar-refractivity contribution in [1.82, 2.24) is 4.90 Å². The average molecular weight is 442 g/mol. The van der Waals surface area contributed by atoms with E-state index < -0.39 is 48.1 Å². The second-order valence-electron chi connectivity index (χ2n) is 7.84. The first-order chi connectivity index (χ1) is 14.2. The van der Waals surface area contributed by atoms with Gasteiger partial charge in [-0.25, -0.2) is 17.6 Å². The Hall–Kier alpha value is -2.12. The molecule has 2 aromatic carbocycles. The lowest BCUT2D eigenvalue weighted by atomic mass is 9.91. The normalized spacial score (nSPS) is 25.3. The summed E-state index contributed by atoms with van der Waals surface area (Å²) in [5.74, 6) is -5.90. The van der Waals surface area contributed by atoms with Crippen molar-refractivity contribution in [2.75, 3.05) is 13.2 Å². The number of hydrogen-bond acceptors (Lipinski definition) is 2. The summed E-state index contributed by atoms with van der Waals surface area (Å²) in [6.45, 7) is 1.10. The summed E-state index contributed by atoms with van der Waals surface area (Å²) in [6, 6.07) is 7.62. The Labute approximate surface area is 176 Å². The van der Waals surface area contributed by atoms with Crippen LogP contribution in [-0.4, -0.2) is 42.0 Å². The zero-order valence-electron chi connectivity index (χ0n) is 16.2. The van der Waals surface area contributed by atoms with Gasteiger partial charge in [0.1, 0.15) is 17.7 Å². The molecular formula is C22H20ClF4NO2. The van der Waals surface area contributed by atoms with Crippen LogP contribution in [0.1, 0.15) is 18.9 Å². The Morgan fingerprint density at radius 2 is 2.00 bits per heavy atom. The number of likely N-dealkylation sites (tertiary alicyclic amines) is 1. The molecule has 2 aliphatic rings. The molecule has 0 aromatic heterocycles. The van der Waals surface area contributed by atoms with Crippen LogP contribution in [0.5, 0.6) is 0 Å². The maximum Gasteiger partial charge on any atom is 0.269 e. The average Bonchev–Trinajstić information content (AvgIpc) is 2.88. The van der Waals surface area contributed by atoms with Gasteiger partial charge in [-0.2, -0.15) is 0 Å². The molecule has 0 saturated carbocycles. The van der Waals surface area contributed by atoms with Crippen molar-refractivity contribution < 1.29 is 27.1 Å². The van der Waals surface area contributed by atoms with Crippen molar-refractivity contribution in [3.05, 3.63) is 58.6 Å². The minimum Gasteiger partial charge on any atom is -0.368 e. The number of halogens is 5. The third-order valence-electron chi connectivity index (χ3n) is 6.02. The van der Waals surface area contributed by atoms with Crippen LogP contribution in [-0.2, 0) is 16.0 Å². The lowest BCUT2D eigenvalue weighted by Crippen LogP contribution is -2.49. The SMILES string of the molecule is C[C@@H]1[C@H](Cc2cccc(-c3ccc(F)c(Cl)c3)c2F)N(C(=O)[C@@H]2CCO2)CC1(F)F. The number of carbonyl (C=O) groups excluding carboxylic acids is 1. The van der Waals surface area contributed by atoms with Crippen LogP contribution >= 0.6 is 11.6 Å². The number of amides is 1. The van der Waals surface area contributed by atoms with E-state index in [9.17, 15) is 18.0 Å². The zero-order valence-corrected chi connectivity index (χ0v) is 16.9. The summed E-state index contributed by atoms with van der Waals surface area (Å²) in [5, 5.41) is -0.140. The molecule has 2 aromatic rings. The molecule has 160 valence electrons. The maximum absolute atomic E-state index is 15.3. The molecule has 4 rings (SSSR count). The fourth-order valence-corrected chi connectivity index (χ4v) is 4.21. The van der Waals surface area contributed by atoms with Crippen molar-refractivity contribution in [2.45, 2.75) is 37.8 Å². The number of nitrogens with zero attached hydrogens (tertiary/aromatic N) is 1. The number of hydrogen-bond donors (Lipinski definition) is 0. The van der Waals surface area contributed by atoms with Crippen molar-refractivity contribution in [3.8, 4) is 11.1 Å². The van der Waals surface area contributed by atoms with Crippen molar-refractivity contribution in [3.63, 3.8) is 0 Å². The molecule has 0 unspecified atom stereocenters. The first-order valence-corrected chi connectivity index (χ1v) is 10.1. The smallest absolute Gasteiger partial charge is 0.269 e. The van der Waals surface area contributed by atoms with E-state index in [4.69, 9.17) is 16.3 Å². The van der Waals surface area contributed by atoms with Gasteiger partial charge < -0.3 is 9.64 Å². The second kappa shape index (κ2) is 7.85. The van der Waals surface area contributed by atoms with Crippen LogP contribution in [0.25, 0.3) is 11.1 Å². The Balaban J connectivity index is 1.65. The molecule has 2 fully saturated rings. The van der Waals surface area contributed by atoms with E-state index >= 15 is 4.39 Å². The van der Waals surface area contributed by atoms with E-state index in [2.05, 4.69) is 0 Å². The fraction of sp³-hybridized carbons (Fsp3) is 0.409. The van der Waals surface area contributed by atoms with E-state index in [1.54, 1.807) is 6.07 Å². The van der Waals surface area contributed by atoms with Gasteiger partial charge in [0.25, 0.3) is 11.8 Å². The van der Waals surface area contributed by atoms with Gasteiger partial charge in [0.15, 0.2) is 0 Å². The highest BCUT2D eigenvalue weighted by Gasteiger charge is 2.54. The van der Waals surface area contributed by atoms with Gasteiger partial charge in [0.2, 0.25) is 0 Å². The molecule has 3 atom stereocenters. The van der Waals surface area contributed by atoms with Gasteiger partial charge >= 0.3 is 0 Å². The van der Waals surface area contributed by atoms with Gasteiger partial charge in [-0.15, -0.1) is 0 Å². The van der Waals surface area contributed by atoms with Gasteiger partial charge in [0.05, 0.1) is 18.2 Å². The highest BCUT2D eigenvalue weighted by Crippen LogP contribution is 2.41. The topological polar surface area (TPSA) is 29.5 Å². The van der Waals surface area contributed by atoms with Crippen molar-refractivity contribution in [2.24, 2.45) is 5.92 Å². The van der Waals surface area contributed by atoms with Crippen LogP contribution < -0.4 is 0 Å². The summed E-state index contributed by atoms with van der Waals surface area (Å²) < 4.78 is 62.8. The summed E-state index contributed by atoms with van der Waals surface area (Å²) in [5.41, 5.74) is 0.767. The Kier molecular flexibility index (Phi) is 5.53. The monoisotopic (exact) mass is 441 g/mol. The fourth-order valence-electron chi connectivity index (χ4n) is 4.03. The van der Waals surface area contributed by atoms with E-state index in [0.717, 1.165) is 11.0 Å². The van der Waals surface area contributed by atoms with Gasteiger partial charge in [0, 0.05) is 23.9 Å². The maximum atomic E-state index is 15.3. The summed E-state index contributed by atoms with van der Waals surface area (Å²) in [7, 11) is 0. The quantitative estimate of drug-likeness (QED) is 0.618. The highest BCUT2D eigenvalue weighted by atomic mass is 35.5. The van der Waals surface area contributed by atoms with E-state index in [0.29, 0.717) is 18.6 Å². The molecule has 2 heterocycles. The Morgan fingerprint density at radius 1 is 1.27 bits per heavy atom. The van der Waals surface area contributed by atoms with Crippen LogP contribution in [0.3, 0.4) is 0 Å². The number of ether oxygens (including phenoxy) is 1. The van der Waals surface area contributed by atoms with Crippen LogP contribution in [0.15, 0.2) is 36.4 Å². The summed E-state index contributed by atoms with van der Waals surface area (Å²) in [4.78, 5) is 13.8. The molecule has 0 N–H and O–H groups in total. The van der Waals surface area contributed by atoms with Crippen LogP contribution in [0, 0.1) is 17.6 Å². The van der Waals surface area contributed by atoms with Crippen LogP contribution in [0.4, 0.5) is 17.6 Å². The van der Waals surface area contributed by atoms with Gasteiger partial charge in [-0.1, -0.05) is 42.8 Å². The Bertz CT molecular complexity index is 980. The predicted molar refractivity (Wildman–Crippen MR) is 104 cm³/mol. The van der Waals surface area contributed by atoms with Crippen molar-refractivity contribution in [1.29, 1.82) is 0 Å². The zero-order chi connectivity index (χ0) is 21.6. The number of benzene rings is 2. The van der Waals surface area contributed by atoms with E-state index in [1.807, 2.05) is 0 Å². The lowest BCUT2D eigenvalue weighted by molar-refractivity contribution is -0.158. The Morgan fingerprint density at radius 3 is 2.63 bits per heavy atom.